The normalized spacial score (nSPS) is 11.0. The van der Waals surface area contributed by atoms with Crippen molar-refractivity contribution in [3.8, 4) is 22.9 Å². The molecular weight excluding hydrogens is 634 g/mol. The molecule has 10 heteroatoms. The molecule has 0 fully saturated rings. The number of rotatable bonds is 15. The minimum absolute atomic E-state index is 0.0116. The Hall–Kier alpha value is -3.92. The molecule has 1 amide bonds. The van der Waals surface area contributed by atoms with Gasteiger partial charge in [-0.25, -0.2) is 8.78 Å². The van der Waals surface area contributed by atoms with Crippen molar-refractivity contribution in [2.45, 2.75) is 46.0 Å². The lowest BCUT2D eigenvalue weighted by atomic mass is 10.1. The van der Waals surface area contributed by atoms with E-state index in [0.29, 0.717) is 41.7 Å². The molecule has 0 N–H and O–H groups in total. The Morgan fingerprint density at radius 2 is 1.57 bits per heavy atom. The van der Waals surface area contributed by atoms with Crippen LogP contribution in [-0.4, -0.2) is 42.7 Å². The monoisotopic (exact) mass is 670 g/mol. The van der Waals surface area contributed by atoms with Crippen LogP contribution in [0.1, 0.15) is 56.3 Å². The SMILES string of the molecule is CCCOc1cc(OC)cc(-n2cc(C(=O)N(CC)c3cc(F)cc(F)c3)c(=O)c3ccc(OCCCCCCBr)cc32)c1. The first-order valence-corrected chi connectivity index (χ1v) is 15.9. The standard InChI is InChI=1S/C34H37BrF2N2O5/c1-4-13-43-29-19-26(18-28(20-29)42-3)39-22-31(34(41)38(5-2)25-16-23(36)15-24(37)17-25)33(40)30-11-10-27(21-32(30)39)44-14-9-7-6-8-12-35/h10-11,15-22H,4-9,12-14H2,1-3H3. The highest BCUT2D eigenvalue weighted by Gasteiger charge is 2.24. The highest BCUT2D eigenvalue weighted by atomic mass is 79.9. The van der Waals surface area contributed by atoms with Crippen molar-refractivity contribution in [3.05, 3.63) is 88.2 Å². The van der Waals surface area contributed by atoms with Gasteiger partial charge in [-0.2, -0.15) is 0 Å². The van der Waals surface area contributed by atoms with Gasteiger partial charge in [0.15, 0.2) is 0 Å². The van der Waals surface area contributed by atoms with Crippen LogP contribution < -0.4 is 24.5 Å². The molecule has 4 rings (SSSR count). The number of hydrogen-bond acceptors (Lipinski definition) is 5. The molecule has 0 atom stereocenters. The summed E-state index contributed by atoms with van der Waals surface area (Å²) in [7, 11) is 1.54. The maximum absolute atomic E-state index is 14.1. The second kappa shape index (κ2) is 15.7. The van der Waals surface area contributed by atoms with Crippen LogP contribution in [0.2, 0.25) is 0 Å². The Bertz CT molecular complexity index is 1640. The molecule has 0 aliphatic heterocycles. The lowest BCUT2D eigenvalue weighted by Gasteiger charge is -2.22. The molecule has 3 aromatic carbocycles. The van der Waals surface area contributed by atoms with Gasteiger partial charge in [-0.3, -0.25) is 9.59 Å². The number of fused-ring (bicyclic) bond motifs is 1. The van der Waals surface area contributed by atoms with E-state index in [-0.39, 0.29) is 23.2 Å². The Morgan fingerprint density at radius 1 is 0.864 bits per heavy atom. The zero-order chi connectivity index (χ0) is 31.6. The van der Waals surface area contributed by atoms with Gasteiger partial charge in [-0.15, -0.1) is 0 Å². The number of halogens is 3. The quantitative estimate of drug-likeness (QED) is 0.0945. The molecule has 4 aromatic rings. The number of hydrogen-bond donors (Lipinski definition) is 0. The predicted octanol–water partition coefficient (Wildman–Crippen LogP) is 8.07. The van der Waals surface area contributed by atoms with Crippen molar-refractivity contribution in [1.29, 1.82) is 0 Å². The minimum atomic E-state index is -0.825. The predicted molar refractivity (Wildman–Crippen MR) is 173 cm³/mol. The van der Waals surface area contributed by atoms with E-state index in [0.717, 1.165) is 55.6 Å². The molecular formula is C34H37BrF2N2O5. The Balaban J connectivity index is 1.85. The highest BCUT2D eigenvalue weighted by molar-refractivity contribution is 9.09. The van der Waals surface area contributed by atoms with E-state index >= 15 is 0 Å². The number of carbonyl (C=O) groups excluding carboxylic acids is 1. The van der Waals surface area contributed by atoms with E-state index in [4.69, 9.17) is 14.2 Å². The smallest absolute Gasteiger partial charge is 0.263 e. The maximum Gasteiger partial charge on any atom is 0.263 e. The summed E-state index contributed by atoms with van der Waals surface area (Å²) in [6, 6.07) is 13.3. The van der Waals surface area contributed by atoms with Crippen LogP contribution in [0.4, 0.5) is 14.5 Å². The fourth-order valence-corrected chi connectivity index (χ4v) is 5.30. The van der Waals surface area contributed by atoms with Gasteiger partial charge in [-0.1, -0.05) is 35.7 Å². The second-order valence-corrected chi connectivity index (χ2v) is 11.1. The molecule has 7 nitrogen and oxygen atoms in total. The fraction of sp³-hybridized carbons (Fsp3) is 0.353. The number of pyridine rings is 1. The van der Waals surface area contributed by atoms with Crippen molar-refractivity contribution in [2.75, 3.05) is 37.1 Å². The number of carbonyl (C=O) groups is 1. The molecule has 0 saturated heterocycles. The van der Waals surface area contributed by atoms with Crippen LogP contribution >= 0.6 is 15.9 Å². The van der Waals surface area contributed by atoms with Crippen molar-refractivity contribution in [2.24, 2.45) is 0 Å². The third-order valence-corrected chi connectivity index (χ3v) is 7.64. The van der Waals surface area contributed by atoms with Gasteiger partial charge < -0.3 is 23.7 Å². The van der Waals surface area contributed by atoms with Gasteiger partial charge in [-0.05, 0) is 50.5 Å². The third-order valence-electron chi connectivity index (χ3n) is 7.08. The van der Waals surface area contributed by atoms with E-state index in [2.05, 4.69) is 15.9 Å². The average molecular weight is 672 g/mol. The van der Waals surface area contributed by atoms with Crippen LogP contribution in [-0.2, 0) is 0 Å². The number of amides is 1. The number of unbranched alkanes of at least 4 members (excludes halogenated alkanes) is 3. The van der Waals surface area contributed by atoms with Crippen molar-refractivity contribution in [1.82, 2.24) is 4.57 Å². The summed E-state index contributed by atoms with van der Waals surface area (Å²) in [4.78, 5) is 28.9. The Labute approximate surface area is 264 Å². The first kappa shape index (κ1) is 33.0. The number of aromatic nitrogens is 1. The zero-order valence-electron chi connectivity index (χ0n) is 25.2. The van der Waals surface area contributed by atoms with Gasteiger partial charge >= 0.3 is 0 Å². The van der Waals surface area contributed by atoms with Crippen molar-refractivity contribution in [3.63, 3.8) is 0 Å². The third kappa shape index (κ3) is 7.96. The van der Waals surface area contributed by atoms with Crippen LogP contribution in [0.25, 0.3) is 16.6 Å². The molecule has 0 aliphatic rings. The van der Waals surface area contributed by atoms with Crippen molar-refractivity contribution < 1.29 is 27.8 Å². The van der Waals surface area contributed by atoms with Gasteiger partial charge in [0.2, 0.25) is 5.43 Å². The molecule has 0 aliphatic carbocycles. The molecule has 234 valence electrons. The molecule has 0 unspecified atom stereocenters. The molecule has 0 saturated carbocycles. The van der Waals surface area contributed by atoms with E-state index < -0.39 is 23.0 Å². The van der Waals surface area contributed by atoms with E-state index in [9.17, 15) is 18.4 Å². The van der Waals surface area contributed by atoms with Gasteiger partial charge in [0.25, 0.3) is 5.91 Å². The van der Waals surface area contributed by atoms with Gasteiger partial charge in [0.1, 0.15) is 34.4 Å². The number of nitrogens with zero attached hydrogens (tertiary/aromatic N) is 2. The number of methoxy groups -OCH3 is 1. The van der Waals surface area contributed by atoms with Crippen LogP contribution in [0.15, 0.2) is 65.6 Å². The highest BCUT2D eigenvalue weighted by Crippen LogP contribution is 2.30. The van der Waals surface area contributed by atoms with E-state index in [1.54, 1.807) is 55.0 Å². The van der Waals surface area contributed by atoms with E-state index in [1.807, 2.05) is 6.92 Å². The van der Waals surface area contributed by atoms with Gasteiger partial charge in [0.05, 0.1) is 31.5 Å². The average Bonchev–Trinajstić information content (AvgIpc) is 3.01. The van der Waals surface area contributed by atoms with Crippen LogP contribution in [0.5, 0.6) is 17.2 Å². The fourth-order valence-electron chi connectivity index (χ4n) is 4.90. The zero-order valence-corrected chi connectivity index (χ0v) is 26.8. The van der Waals surface area contributed by atoms with Crippen LogP contribution in [0, 0.1) is 11.6 Å². The Morgan fingerprint density at radius 3 is 2.25 bits per heavy atom. The van der Waals surface area contributed by atoms with E-state index in [1.165, 1.54) is 11.1 Å². The number of benzene rings is 3. The summed E-state index contributed by atoms with van der Waals surface area (Å²) in [6.07, 6.45) is 6.41. The molecule has 1 aromatic heterocycles. The summed E-state index contributed by atoms with van der Waals surface area (Å²) in [5.74, 6) is -0.673. The van der Waals surface area contributed by atoms with Crippen LogP contribution in [0.3, 0.4) is 0 Å². The number of alkyl halides is 1. The molecule has 44 heavy (non-hydrogen) atoms. The summed E-state index contributed by atoms with van der Waals surface area (Å²) >= 11 is 3.45. The first-order valence-electron chi connectivity index (χ1n) is 14.8. The summed E-state index contributed by atoms with van der Waals surface area (Å²) in [5, 5.41) is 1.26. The lowest BCUT2D eigenvalue weighted by molar-refractivity contribution is 0.0987. The summed E-state index contributed by atoms with van der Waals surface area (Å²) in [6.45, 7) is 4.77. The minimum Gasteiger partial charge on any atom is -0.497 e. The first-order chi connectivity index (χ1) is 21.3. The molecule has 1 heterocycles. The van der Waals surface area contributed by atoms with Crippen molar-refractivity contribution >= 4 is 38.4 Å². The number of anilines is 1. The second-order valence-electron chi connectivity index (χ2n) is 10.3. The molecule has 0 bridgehead atoms. The van der Waals surface area contributed by atoms with Gasteiger partial charge in [0, 0.05) is 59.5 Å². The maximum atomic E-state index is 14.1. The summed E-state index contributed by atoms with van der Waals surface area (Å²) < 4.78 is 47.4. The largest absolute Gasteiger partial charge is 0.497 e. The molecule has 0 radical (unpaired) electrons. The Kier molecular flexibility index (Phi) is 11.8. The molecule has 0 spiro atoms. The number of ether oxygens (including phenoxy) is 3. The topological polar surface area (TPSA) is 70.0 Å². The summed E-state index contributed by atoms with van der Waals surface area (Å²) in [5.41, 5.74) is 0.434. The lowest BCUT2D eigenvalue weighted by Crippen LogP contribution is -2.35.